The van der Waals surface area contributed by atoms with Crippen molar-refractivity contribution in [2.75, 3.05) is 20.3 Å². The van der Waals surface area contributed by atoms with E-state index in [9.17, 15) is 0 Å². The molecular weight excluding hydrogens is 306 g/mol. The second-order valence-corrected chi connectivity index (χ2v) is 6.68. The SMILES string of the molecule is COC1(c2noc(-c3cc(C)nc4c3CCCC4)n2)CCOCC1. The van der Waals surface area contributed by atoms with Crippen molar-refractivity contribution in [1.29, 1.82) is 0 Å². The molecule has 2 aromatic heterocycles. The average molecular weight is 329 g/mol. The van der Waals surface area contributed by atoms with E-state index in [1.54, 1.807) is 7.11 Å². The zero-order valence-corrected chi connectivity index (χ0v) is 14.3. The number of nitrogens with zero attached hydrogens (tertiary/aromatic N) is 3. The summed E-state index contributed by atoms with van der Waals surface area (Å²) in [6.07, 6.45) is 5.94. The third kappa shape index (κ3) is 2.63. The van der Waals surface area contributed by atoms with E-state index in [0.717, 1.165) is 36.9 Å². The van der Waals surface area contributed by atoms with Crippen LogP contribution in [0.1, 0.15) is 48.5 Å². The summed E-state index contributed by atoms with van der Waals surface area (Å²) in [5.74, 6) is 1.21. The Morgan fingerprint density at radius 2 is 1.92 bits per heavy atom. The van der Waals surface area contributed by atoms with Crippen LogP contribution in [0, 0.1) is 6.92 Å². The molecule has 3 heterocycles. The van der Waals surface area contributed by atoms with E-state index in [4.69, 9.17) is 24.0 Å². The molecule has 1 fully saturated rings. The van der Waals surface area contributed by atoms with Gasteiger partial charge in [-0.1, -0.05) is 5.16 Å². The van der Waals surface area contributed by atoms with Crippen molar-refractivity contribution in [1.82, 2.24) is 15.1 Å². The molecule has 24 heavy (non-hydrogen) atoms. The Kier molecular flexibility index (Phi) is 4.10. The first-order valence-corrected chi connectivity index (χ1v) is 8.69. The normalized spacial score (nSPS) is 19.9. The zero-order valence-electron chi connectivity index (χ0n) is 14.3. The third-order valence-corrected chi connectivity index (χ3v) is 5.18. The van der Waals surface area contributed by atoms with E-state index in [0.29, 0.717) is 24.9 Å². The Hall–Kier alpha value is -1.79. The molecule has 0 atom stereocenters. The van der Waals surface area contributed by atoms with Crippen molar-refractivity contribution in [2.45, 2.75) is 51.0 Å². The second-order valence-electron chi connectivity index (χ2n) is 6.68. The summed E-state index contributed by atoms with van der Waals surface area (Å²) in [4.78, 5) is 9.41. The topological polar surface area (TPSA) is 70.3 Å². The number of aryl methyl sites for hydroxylation is 2. The van der Waals surface area contributed by atoms with Crippen LogP contribution in [0.3, 0.4) is 0 Å². The molecule has 6 nitrogen and oxygen atoms in total. The van der Waals surface area contributed by atoms with Crippen molar-refractivity contribution in [3.63, 3.8) is 0 Å². The minimum atomic E-state index is -0.498. The molecule has 0 bridgehead atoms. The van der Waals surface area contributed by atoms with E-state index in [2.05, 4.69) is 11.2 Å². The molecule has 0 radical (unpaired) electrons. The van der Waals surface area contributed by atoms with E-state index >= 15 is 0 Å². The summed E-state index contributed by atoms with van der Waals surface area (Å²) in [6.45, 7) is 3.33. The molecule has 0 N–H and O–H groups in total. The summed E-state index contributed by atoms with van der Waals surface area (Å²) in [5.41, 5.74) is 3.98. The Labute approximate surface area is 141 Å². The Morgan fingerprint density at radius 3 is 2.71 bits per heavy atom. The molecule has 0 saturated carbocycles. The molecule has 4 rings (SSSR count). The minimum absolute atomic E-state index is 0.498. The van der Waals surface area contributed by atoms with Crippen LogP contribution in [0.5, 0.6) is 0 Å². The first-order valence-electron chi connectivity index (χ1n) is 8.69. The van der Waals surface area contributed by atoms with Gasteiger partial charge in [0.05, 0.1) is 0 Å². The van der Waals surface area contributed by atoms with Crippen molar-refractivity contribution in [3.05, 3.63) is 28.8 Å². The van der Waals surface area contributed by atoms with Crippen LogP contribution in [-0.4, -0.2) is 35.4 Å². The minimum Gasteiger partial charge on any atom is -0.381 e. The molecule has 2 aliphatic rings. The van der Waals surface area contributed by atoms with E-state index in [-0.39, 0.29) is 0 Å². The highest BCUT2D eigenvalue weighted by Gasteiger charge is 2.39. The van der Waals surface area contributed by atoms with Gasteiger partial charge in [0, 0.05) is 50.1 Å². The van der Waals surface area contributed by atoms with Gasteiger partial charge in [0.25, 0.3) is 5.89 Å². The molecule has 0 aromatic carbocycles. The summed E-state index contributed by atoms with van der Waals surface area (Å²) in [7, 11) is 1.71. The Balaban J connectivity index is 1.74. The molecule has 0 unspecified atom stereocenters. The predicted octanol–water partition coefficient (Wildman–Crippen LogP) is 2.97. The number of pyridine rings is 1. The van der Waals surface area contributed by atoms with Gasteiger partial charge in [-0.2, -0.15) is 4.98 Å². The molecular formula is C18H23N3O3. The van der Waals surface area contributed by atoms with Gasteiger partial charge in [0.15, 0.2) is 0 Å². The van der Waals surface area contributed by atoms with Crippen LogP contribution < -0.4 is 0 Å². The van der Waals surface area contributed by atoms with E-state index in [1.807, 2.05) is 6.92 Å². The second kappa shape index (κ2) is 6.26. The Morgan fingerprint density at radius 1 is 1.12 bits per heavy atom. The number of methoxy groups -OCH3 is 1. The van der Waals surface area contributed by atoms with Gasteiger partial charge in [-0.25, -0.2) is 0 Å². The quantitative estimate of drug-likeness (QED) is 0.862. The number of hydrogen-bond acceptors (Lipinski definition) is 6. The molecule has 6 heteroatoms. The van der Waals surface area contributed by atoms with Gasteiger partial charge in [-0.3, -0.25) is 4.98 Å². The van der Waals surface area contributed by atoms with Crippen LogP contribution in [0.4, 0.5) is 0 Å². The predicted molar refractivity (Wildman–Crippen MR) is 87.6 cm³/mol. The fourth-order valence-corrected chi connectivity index (χ4v) is 3.77. The van der Waals surface area contributed by atoms with Crippen LogP contribution in [0.2, 0.25) is 0 Å². The summed E-state index contributed by atoms with van der Waals surface area (Å²) >= 11 is 0. The van der Waals surface area contributed by atoms with Gasteiger partial charge in [-0.05, 0) is 44.2 Å². The van der Waals surface area contributed by atoms with Gasteiger partial charge < -0.3 is 14.0 Å². The number of aromatic nitrogens is 3. The molecule has 2 aromatic rings. The highest BCUT2D eigenvalue weighted by Crippen LogP contribution is 2.36. The number of fused-ring (bicyclic) bond motifs is 1. The van der Waals surface area contributed by atoms with Gasteiger partial charge in [0.1, 0.15) is 5.60 Å². The number of hydrogen-bond donors (Lipinski definition) is 0. The fraction of sp³-hybridized carbons (Fsp3) is 0.611. The number of rotatable bonds is 3. The van der Waals surface area contributed by atoms with E-state index < -0.39 is 5.60 Å². The summed E-state index contributed by atoms with van der Waals surface area (Å²) in [5, 5.41) is 4.25. The molecule has 1 aliphatic heterocycles. The lowest BCUT2D eigenvalue weighted by atomic mass is 9.91. The molecule has 0 amide bonds. The maximum absolute atomic E-state index is 5.77. The lowest BCUT2D eigenvalue weighted by Gasteiger charge is -2.32. The highest BCUT2D eigenvalue weighted by atomic mass is 16.5. The lowest BCUT2D eigenvalue weighted by Crippen LogP contribution is -2.36. The van der Waals surface area contributed by atoms with Crippen LogP contribution >= 0.6 is 0 Å². The number of ether oxygens (including phenoxy) is 2. The van der Waals surface area contributed by atoms with Crippen molar-refractivity contribution in [3.8, 4) is 11.5 Å². The average Bonchev–Trinajstić information content (AvgIpc) is 3.12. The summed E-state index contributed by atoms with van der Waals surface area (Å²) < 4.78 is 16.9. The first-order chi connectivity index (χ1) is 11.7. The van der Waals surface area contributed by atoms with Crippen molar-refractivity contribution in [2.24, 2.45) is 0 Å². The van der Waals surface area contributed by atoms with Gasteiger partial charge >= 0.3 is 0 Å². The highest BCUT2D eigenvalue weighted by molar-refractivity contribution is 5.61. The summed E-state index contributed by atoms with van der Waals surface area (Å²) in [6, 6.07) is 2.06. The molecule has 1 aliphatic carbocycles. The Bertz CT molecular complexity index is 735. The van der Waals surface area contributed by atoms with Crippen LogP contribution in [-0.2, 0) is 27.9 Å². The largest absolute Gasteiger partial charge is 0.381 e. The van der Waals surface area contributed by atoms with Crippen molar-refractivity contribution < 1.29 is 14.0 Å². The maximum atomic E-state index is 5.77. The van der Waals surface area contributed by atoms with Crippen LogP contribution in [0.25, 0.3) is 11.5 Å². The van der Waals surface area contributed by atoms with Crippen LogP contribution in [0.15, 0.2) is 10.6 Å². The van der Waals surface area contributed by atoms with Crippen molar-refractivity contribution >= 4 is 0 Å². The monoisotopic (exact) mass is 329 g/mol. The maximum Gasteiger partial charge on any atom is 0.258 e. The fourth-order valence-electron chi connectivity index (χ4n) is 3.77. The van der Waals surface area contributed by atoms with Gasteiger partial charge in [0.2, 0.25) is 5.82 Å². The van der Waals surface area contributed by atoms with E-state index in [1.165, 1.54) is 24.1 Å². The molecule has 0 spiro atoms. The smallest absolute Gasteiger partial charge is 0.258 e. The first kappa shape index (κ1) is 15.7. The third-order valence-electron chi connectivity index (χ3n) is 5.18. The molecule has 1 saturated heterocycles. The molecule has 128 valence electrons. The van der Waals surface area contributed by atoms with Gasteiger partial charge in [-0.15, -0.1) is 0 Å². The lowest BCUT2D eigenvalue weighted by molar-refractivity contribution is -0.101. The standard InChI is InChI=1S/C18H23N3O3/c1-12-11-14(13-5-3-4-6-15(13)19-12)16-20-17(21-24-16)18(22-2)7-9-23-10-8-18/h11H,3-10H2,1-2H3. The zero-order chi connectivity index (χ0) is 16.6.